The van der Waals surface area contributed by atoms with E-state index in [1.807, 2.05) is 24.3 Å². The third kappa shape index (κ3) is 3.11. The van der Waals surface area contributed by atoms with Gasteiger partial charge in [-0.3, -0.25) is 0 Å². The Morgan fingerprint density at radius 3 is 2.33 bits per heavy atom. The lowest BCUT2D eigenvalue weighted by Gasteiger charge is -2.00. The zero-order chi connectivity index (χ0) is 14.8. The number of esters is 1. The number of carbonyl (C=O) groups is 1. The Morgan fingerprint density at radius 1 is 1.00 bits per heavy atom. The molecule has 104 valence electrons. The van der Waals surface area contributed by atoms with Crippen LogP contribution in [0.1, 0.15) is 11.1 Å². The average molecular weight is 345 g/mol. The Balaban J connectivity index is 1.91. The van der Waals surface area contributed by atoms with Crippen molar-refractivity contribution in [2.75, 3.05) is 0 Å². The second kappa shape index (κ2) is 5.66. The van der Waals surface area contributed by atoms with Gasteiger partial charge in [0.05, 0.1) is 5.57 Å². The Hall–Kier alpha value is -2.20. The molecule has 1 aliphatic rings. The molecule has 0 unspecified atom stereocenters. The Labute approximate surface area is 129 Å². The summed E-state index contributed by atoms with van der Waals surface area (Å²) in [6, 6.07) is 13.4. The molecule has 0 aromatic heterocycles. The summed E-state index contributed by atoms with van der Waals surface area (Å²) in [5.41, 5.74) is 2.04. The van der Waals surface area contributed by atoms with Crippen molar-refractivity contribution in [2.45, 2.75) is 0 Å². The molecular weight excluding hydrogens is 335 g/mol. The molecule has 0 aliphatic carbocycles. The SMILES string of the molecule is O=C1OC(c2ccc(F)cc2)=C/C1=C\c1ccc(Br)cc1. The van der Waals surface area contributed by atoms with Gasteiger partial charge in [0, 0.05) is 10.0 Å². The molecule has 0 bridgehead atoms. The van der Waals surface area contributed by atoms with Crippen LogP contribution in [-0.2, 0) is 9.53 Å². The molecule has 0 spiro atoms. The Morgan fingerprint density at radius 2 is 1.67 bits per heavy atom. The lowest BCUT2D eigenvalue weighted by molar-refractivity contribution is -0.130. The minimum Gasteiger partial charge on any atom is -0.422 e. The van der Waals surface area contributed by atoms with Crippen molar-refractivity contribution >= 4 is 33.7 Å². The van der Waals surface area contributed by atoms with E-state index in [-0.39, 0.29) is 5.82 Å². The van der Waals surface area contributed by atoms with E-state index in [9.17, 15) is 9.18 Å². The molecular formula is C17H10BrFO2. The lowest BCUT2D eigenvalue weighted by Crippen LogP contribution is -1.97. The molecule has 4 heteroatoms. The summed E-state index contributed by atoms with van der Waals surface area (Å²) in [5.74, 6) is -0.296. The number of hydrogen-bond donors (Lipinski definition) is 0. The largest absolute Gasteiger partial charge is 0.422 e. The van der Waals surface area contributed by atoms with Crippen LogP contribution in [0.15, 0.2) is 64.7 Å². The van der Waals surface area contributed by atoms with E-state index in [1.54, 1.807) is 24.3 Å². The van der Waals surface area contributed by atoms with Crippen molar-refractivity contribution in [3.63, 3.8) is 0 Å². The molecule has 0 saturated heterocycles. The fraction of sp³-hybridized carbons (Fsp3) is 0. The third-order valence-electron chi connectivity index (χ3n) is 3.05. The maximum absolute atomic E-state index is 12.9. The van der Waals surface area contributed by atoms with Gasteiger partial charge in [-0.05, 0) is 54.1 Å². The van der Waals surface area contributed by atoms with Crippen molar-refractivity contribution in [3.8, 4) is 0 Å². The van der Waals surface area contributed by atoms with Gasteiger partial charge in [0.15, 0.2) is 0 Å². The highest BCUT2D eigenvalue weighted by Crippen LogP contribution is 2.27. The van der Waals surface area contributed by atoms with Crippen LogP contribution in [0.25, 0.3) is 11.8 Å². The molecule has 1 heterocycles. The van der Waals surface area contributed by atoms with Crippen molar-refractivity contribution in [3.05, 3.63) is 81.6 Å². The quantitative estimate of drug-likeness (QED) is 0.589. The van der Waals surface area contributed by atoms with Crippen LogP contribution in [-0.4, -0.2) is 5.97 Å². The van der Waals surface area contributed by atoms with Crippen molar-refractivity contribution < 1.29 is 13.9 Å². The topological polar surface area (TPSA) is 26.3 Å². The maximum atomic E-state index is 12.9. The molecule has 0 amide bonds. The summed E-state index contributed by atoms with van der Waals surface area (Å²) < 4.78 is 19.1. The van der Waals surface area contributed by atoms with E-state index in [4.69, 9.17) is 4.74 Å². The lowest BCUT2D eigenvalue weighted by atomic mass is 10.1. The first-order chi connectivity index (χ1) is 10.1. The molecule has 0 fully saturated rings. The van der Waals surface area contributed by atoms with Crippen LogP contribution < -0.4 is 0 Å². The molecule has 0 radical (unpaired) electrons. The fourth-order valence-corrected chi connectivity index (χ4v) is 2.25. The summed E-state index contributed by atoms with van der Waals surface area (Å²) in [6.45, 7) is 0. The number of halogens is 2. The average Bonchev–Trinajstić information content (AvgIpc) is 2.83. The van der Waals surface area contributed by atoms with Crippen LogP contribution in [0.4, 0.5) is 4.39 Å². The number of carbonyl (C=O) groups excluding carboxylic acids is 1. The van der Waals surface area contributed by atoms with Gasteiger partial charge in [0.25, 0.3) is 0 Å². The van der Waals surface area contributed by atoms with E-state index in [1.165, 1.54) is 12.1 Å². The first kappa shape index (κ1) is 13.8. The standard InChI is InChI=1S/C17H10BrFO2/c18-14-5-1-11(2-6-14)9-13-10-16(21-17(13)20)12-3-7-15(19)8-4-12/h1-10H/b13-9+. The summed E-state index contributed by atoms with van der Waals surface area (Å²) in [7, 11) is 0. The van der Waals surface area contributed by atoms with Crippen molar-refractivity contribution in [1.29, 1.82) is 0 Å². The molecule has 0 saturated carbocycles. The van der Waals surface area contributed by atoms with Gasteiger partial charge in [-0.15, -0.1) is 0 Å². The Kier molecular flexibility index (Phi) is 3.71. The summed E-state index contributed by atoms with van der Waals surface area (Å²) >= 11 is 3.36. The van der Waals surface area contributed by atoms with E-state index >= 15 is 0 Å². The minimum absolute atomic E-state index is 0.325. The van der Waals surface area contributed by atoms with Crippen LogP contribution >= 0.6 is 15.9 Å². The molecule has 2 nitrogen and oxygen atoms in total. The molecule has 0 atom stereocenters. The highest BCUT2D eigenvalue weighted by Gasteiger charge is 2.21. The first-order valence-electron chi connectivity index (χ1n) is 6.29. The number of hydrogen-bond acceptors (Lipinski definition) is 2. The zero-order valence-electron chi connectivity index (χ0n) is 10.8. The van der Waals surface area contributed by atoms with Gasteiger partial charge in [0.1, 0.15) is 11.6 Å². The predicted octanol–water partition coefficient (Wildman–Crippen LogP) is 4.57. The highest BCUT2D eigenvalue weighted by atomic mass is 79.9. The van der Waals surface area contributed by atoms with Crippen LogP contribution in [0, 0.1) is 5.82 Å². The van der Waals surface area contributed by atoms with E-state index in [0.717, 1.165) is 10.0 Å². The molecule has 3 rings (SSSR count). The third-order valence-corrected chi connectivity index (χ3v) is 3.57. The minimum atomic E-state index is -0.405. The maximum Gasteiger partial charge on any atom is 0.343 e. The van der Waals surface area contributed by atoms with E-state index < -0.39 is 5.97 Å². The summed E-state index contributed by atoms with van der Waals surface area (Å²) in [5, 5.41) is 0. The van der Waals surface area contributed by atoms with Gasteiger partial charge in [0.2, 0.25) is 0 Å². The van der Waals surface area contributed by atoms with E-state index in [0.29, 0.717) is 16.9 Å². The van der Waals surface area contributed by atoms with Gasteiger partial charge < -0.3 is 4.74 Å². The van der Waals surface area contributed by atoms with Crippen LogP contribution in [0.3, 0.4) is 0 Å². The number of rotatable bonds is 2. The van der Waals surface area contributed by atoms with Gasteiger partial charge in [-0.2, -0.15) is 0 Å². The first-order valence-corrected chi connectivity index (χ1v) is 7.08. The summed E-state index contributed by atoms with van der Waals surface area (Å²) in [4.78, 5) is 11.9. The van der Waals surface area contributed by atoms with Crippen molar-refractivity contribution in [2.24, 2.45) is 0 Å². The van der Waals surface area contributed by atoms with Crippen molar-refractivity contribution in [1.82, 2.24) is 0 Å². The second-order valence-electron chi connectivity index (χ2n) is 4.56. The van der Waals surface area contributed by atoms with Crippen LogP contribution in [0.2, 0.25) is 0 Å². The smallest absolute Gasteiger partial charge is 0.343 e. The molecule has 0 N–H and O–H groups in total. The monoisotopic (exact) mass is 344 g/mol. The normalized spacial score (nSPS) is 16.0. The predicted molar refractivity (Wildman–Crippen MR) is 82.6 cm³/mol. The van der Waals surface area contributed by atoms with Gasteiger partial charge in [-0.1, -0.05) is 28.1 Å². The van der Waals surface area contributed by atoms with Gasteiger partial charge in [-0.25, -0.2) is 9.18 Å². The zero-order valence-corrected chi connectivity index (χ0v) is 12.4. The molecule has 2 aromatic rings. The molecule has 21 heavy (non-hydrogen) atoms. The van der Waals surface area contributed by atoms with E-state index in [2.05, 4.69) is 15.9 Å². The number of benzene rings is 2. The van der Waals surface area contributed by atoms with Gasteiger partial charge >= 0.3 is 5.97 Å². The highest BCUT2D eigenvalue weighted by molar-refractivity contribution is 9.10. The molecule has 1 aliphatic heterocycles. The van der Waals surface area contributed by atoms with Crippen LogP contribution in [0.5, 0.6) is 0 Å². The second-order valence-corrected chi connectivity index (χ2v) is 5.47. The Bertz CT molecular complexity index is 743. The fourth-order valence-electron chi connectivity index (χ4n) is 1.98. The number of ether oxygens (including phenoxy) is 1. The summed E-state index contributed by atoms with van der Waals surface area (Å²) in [6.07, 6.45) is 3.42. The number of cyclic esters (lactones) is 1. The molecule has 2 aromatic carbocycles.